The lowest BCUT2D eigenvalue weighted by molar-refractivity contribution is 0.0536. The first kappa shape index (κ1) is 20.2. The van der Waals surface area contributed by atoms with Crippen molar-refractivity contribution in [3.63, 3.8) is 0 Å². The minimum Gasteiger partial charge on any atom is -0.382 e. The highest BCUT2D eigenvalue weighted by molar-refractivity contribution is 9.10. The SMILES string of the molecule is CCNC(=NCc1ccc(Br)cc1C)N1CCC(COCCOC)C1. The molecule has 0 saturated carbocycles. The Balaban J connectivity index is 1.91. The molecule has 1 aromatic carbocycles. The molecular weight excluding hydrogens is 382 g/mol. The van der Waals surface area contributed by atoms with Gasteiger partial charge in [0.05, 0.1) is 26.4 Å². The fourth-order valence-electron chi connectivity index (χ4n) is 2.98. The topological polar surface area (TPSA) is 46.1 Å². The number of aliphatic imine (C=N–C) groups is 1. The lowest BCUT2D eigenvalue weighted by Gasteiger charge is -2.22. The third kappa shape index (κ3) is 6.60. The molecule has 1 N–H and O–H groups in total. The van der Waals surface area contributed by atoms with Crippen molar-refractivity contribution < 1.29 is 9.47 Å². The van der Waals surface area contributed by atoms with Crippen LogP contribution in [0.25, 0.3) is 0 Å². The molecule has 0 aromatic heterocycles. The number of guanidine groups is 1. The molecule has 1 atom stereocenters. The van der Waals surface area contributed by atoms with Gasteiger partial charge >= 0.3 is 0 Å². The van der Waals surface area contributed by atoms with Crippen molar-refractivity contribution in [2.24, 2.45) is 10.9 Å². The number of nitrogens with one attached hydrogen (secondary N) is 1. The van der Waals surface area contributed by atoms with E-state index >= 15 is 0 Å². The van der Waals surface area contributed by atoms with Gasteiger partial charge in [0.1, 0.15) is 0 Å². The predicted molar refractivity (Wildman–Crippen MR) is 106 cm³/mol. The Labute approximate surface area is 159 Å². The summed E-state index contributed by atoms with van der Waals surface area (Å²) >= 11 is 3.52. The van der Waals surface area contributed by atoms with E-state index in [-0.39, 0.29) is 0 Å². The molecule has 1 aromatic rings. The van der Waals surface area contributed by atoms with Gasteiger partial charge in [-0.25, -0.2) is 4.99 Å². The molecule has 1 aliphatic heterocycles. The van der Waals surface area contributed by atoms with Crippen molar-refractivity contribution in [1.82, 2.24) is 10.2 Å². The highest BCUT2D eigenvalue weighted by Gasteiger charge is 2.24. The minimum absolute atomic E-state index is 0.565. The quantitative estimate of drug-likeness (QED) is 0.405. The van der Waals surface area contributed by atoms with Crippen LogP contribution in [0.1, 0.15) is 24.5 Å². The Morgan fingerprint density at radius 1 is 1.40 bits per heavy atom. The standard InChI is InChI=1S/C19H30BrN3O2/c1-4-21-19(22-12-17-5-6-18(20)11-15(17)2)23-8-7-16(13-23)14-25-10-9-24-3/h5-6,11,16H,4,7-10,12-14H2,1-3H3,(H,21,22). The monoisotopic (exact) mass is 411 g/mol. The van der Waals surface area contributed by atoms with E-state index in [9.17, 15) is 0 Å². The normalized spacial score (nSPS) is 18.0. The molecule has 1 aliphatic rings. The second-order valence-electron chi connectivity index (χ2n) is 6.41. The molecule has 0 bridgehead atoms. The average Bonchev–Trinajstić information content (AvgIpc) is 3.05. The highest BCUT2D eigenvalue weighted by atomic mass is 79.9. The Kier molecular flexibility index (Phi) is 8.72. The first-order valence-electron chi connectivity index (χ1n) is 8.99. The van der Waals surface area contributed by atoms with Gasteiger partial charge in [-0.15, -0.1) is 0 Å². The van der Waals surface area contributed by atoms with Crippen LogP contribution in [0.2, 0.25) is 0 Å². The van der Waals surface area contributed by atoms with Crippen LogP contribution >= 0.6 is 15.9 Å². The number of likely N-dealkylation sites (tertiary alicyclic amines) is 1. The Morgan fingerprint density at radius 3 is 2.96 bits per heavy atom. The van der Waals surface area contributed by atoms with Crippen LogP contribution in [0, 0.1) is 12.8 Å². The second-order valence-corrected chi connectivity index (χ2v) is 7.33. The fraction of sp³-hybridized carbons (Fsp3) is 0.632. The van der Waals surface area contributed by atoms with Crippen molar-refractivity contribution in [3.8, 4) is 0 Å². The molecule has 1 saturated heterocycles. The number of hydrogen-bond acceptors (Lipinski definition) is 3. The minimum atomic E-state index is 0.565. The summed E-state index contributed by atoms with van der Waals surface area (Å²) in [7, 11) is 1.70. The van der Waals surface area contributed by atoms with E-state index in [2.05, 4.69) is 58.2 Å². The van der Waals surface area contributed by atoms with Gasteiger partial charge in [-0.1, -0.05) is 22.0 Å². The van der Waals surface area contributed by atoms with Gasteiger partial charge in [0.25, 0.3) is 0 Å². The van der Waals surface area contributed by atoms with E-state index in [1.165, 1.54) is 11.1 Å². The highest BCUT2D eigenvalue weighted by Crippen LogP contribution is 2.19. The molecule has 0 spiro atoms. The van der Waals surface area contributed by atoms with Crippen molar-refractivity contribution in [2.75, 3.05) is 46.6 Å². The molecule has 25 heavy (non-hydrogen) atoms. The van der Waals surface area contributed by atoms with E-state index in [1.807, 2.05) is 0 Å². The summed E-state index contributed by atoms with van der Waals surface area (Å²) in [4.78, 5) is 7.20. The number of rotatable bonds is 8. The molecule has 0 amide bonds. The molecule has 1 fully saturated rings. The van der Waals surface area contributed by atoms with Crippen LogP contribution in [0.15, 0.2) is 27.7 Å². The maximum absolute atomic E-state index is 5.69. The zero-order chi connectivity index (χ0) is 18.1. The van der Waals surface area contributed by atoms with Crippen LogP contribution in [0.5, 0.6) is 0 Å². The molecule has 1 unspecified atom stereocenters. The number of halogens is 1. The second kappa shape index (κ2) is 10.8. The third-order valence-electron chi connectivity index (χ3n) is 4.41. The molecule has 0 aliphatic carbocycles. The first-order valence-corrected chi connectivity index (χ1v) is 9.78. The van der Waals surface area contributed by atoms with E-state index in [0.29, 0.717) is 25.7 Å². The van der Waals surface area contributed by atoms with Crippen LogP contribution in [-0.2, 0) is 16.0 Å². The van der Waals surface area contributed by atoms with E-state index < -0.39 is 0 Å². The fourth-order valence-corrected chi connectivity index (χ4v) is 3.45. The third-order valence-corrected chi connectivity index (χ3v) is 4.90. The maximum atomic E-state index is 5.69. The summed E-state index contributed by atoms with van der Waals surface area (Å²) in [5.74, 6) is 1.57. The smallest absolute Gasteiger partial charge is 0.194 e. The Morgan fingerprint density at radius 2 is 2.24 bits per heavy atom. The predicted octanol–water partition coefficient (Wildman–Crippen LogP) is 3.21. The van der Waals surface area contributed by atoms with Gasteiger partial charge in [0, 0.05) is 37.1 Å². The maximum Gasteiger partial charge on any atom is 0.194 e. The van der Waals surface area contributed by atoms with Crippen molar-refractivity contribution in [2.45, 2.75) is 26.8 Å². The lowest BCUT2D eigenvalue weighted by Crippen LogP contribution is -2.40. The Hall–Kier alpha value is -1.11. The number of methoxy groups -OCH3 is 1. The van der Waals surface area contributed by atoms with E-state index in [4.69, 9.17) is 14.5 Å². The van der Waals surface area contributed by atoms with Gasteiger partial charge in [0.15, 0.2) is 5.96 Å². The van der Waals surface area contributed by atoms with E-state index in [0.717, 1.165) is 43.1 Å². The molecule has 1 heterocycles. The lowest BCUT2D eigenvalue weighted by atomic mass is 10.1. The molecule has 5 nitrogen and oxygen atoms in total. The van der Waals surface area contributed by atoms with Gasteiger partial charge < -0.3 is 19.7 Å². The summed E-state index contributed by atoms with van der Waals surface area (Å²) in [6.07, 6.45) is 1.15. The summed E-state index contributed by atoms with van der Waals surface area (Å²) in [6.45, 7) is 9.98. The molecular formula is C19H30BrN3O2. The van der Waals surface area contributed by atoms with Gasteiger partial charge in [-0.05, 0) is 43.5 Å². The number of nitrogens with zero attached hydrogens (tertiary/aromatic N) is 2. The number of ether oxygens (including phenoxy) is 2. The van der Waals surface area contributed by atoms with Crippen LogP contribution in [0.4, 0.5) is 0 Å². The van der Waals surface area contributed by atoms with Crippen LogP contribution < -0.4 is 5.32 Å². The van der Waals surface area contributed by atoms with Gasteiger partial charge in [-0.3, -0.25) is 0 Å². The number of aryl methyl sites for hydroxylation is 1. The van der Waals surface area contributed by atoms with E-state index in [1.54, 1.807) is 7.11 Å². The summed E-state index contributed by atoms with van der Waals surface area (Å²) in [6, 6.07) is 6.36. The molecule has 6 heteroatoms. The zero-order valence-corrected chi connectivity index (χ0v) is 17.1. The molecule has 140 valence electrons. The van der Waals surface area contributed by atoms with Gasteiger partial charge in [-0.2, -0.15) is 0 Å². The van der Waals surface area contributed by atoms with Crippen molar-refractivity contribution in [1.29, 1.82) is 0 Å². The molecule has 0 radical (unpaired) electrons. The first-order chi connectivity index (χ1) is 12.1. The van der Waals surface area contributed by atoms with Gasteiger partial charge in [0.2, 0.25) is 0 Å². The largest absolute Gasteiger partial charge is 0.382 e. The van der Waals surface area contributed by atoms with Crippen molar-refractivity contribution in [3.05, 3.63) is 33.8 Å². The van der Waals surface area contributed by atoms with Crippen molar-refractivity contribution >= 4 is 21.9 Å². The average molecular weight is 412 g/mol. The van der Waals surface area contributed by atoms with Crippen LogP contribution in [-0.4, -0.2) is 57.4 Å². The molecule has 2 rings (SSSR count). The zero-order valence-electron chi connectivity index (χ0n) is 15.6. The summed E-state index contributed by atoms with van der Waals surface area (Å²) in [5, 5.41) is 3.43. The number of hydrogen-bond donors (Lipinski definition) is 1. The summed E-state index contributed by atoms with van der Waals surface area (Å²) in [5.41, 5.74) is 2.53. The Bertz CT molecular complexity index is 566. The van der Waals surface area contributed by atoms with Crippen LogP contribution in [0.3, 0.4) is 0 Å². The summed E-state index contributed by atoms with van der Waals surface area (Å²) < 4.78 is 11.8. The number of benzene rings is 1.